The number of nitrogens with zero attached hydrogens (tertiary/aromatic N) is 6. The minimum absolute atomic E-state index is 0.324. The molecule has 0 spiro atoms. The summed E-state index contributed by atoms with van der Waals surface area (Å²) in [6, 6.07) is 8.34. The lowest BCUT2D eigenvalue weighted by atomic mass is 10.0. The van der Waals surface area contributed by atoms with Gasteiger partial charge in [-0.15, -0.1) is 5.10 Å². The van der Waals surface area contributed by atoms with Crippen LogP contribution < -0.4 is 9.80 Å². The molecule has 1 atom stereocenters. The first kappa shape index (κ1) is 20.2. The number of rotatable bonds is 4. The molecule has 0 unspecified atom stereocenters. The Hall–Kier alpha value is -2.73. The van der Waals surface area contributed by atoms with Crippen molar-refractivity contribution in [2.24, 2.45) is 0 Å². The Kier molecular flexibility index (Phi) is 5.48. The Labute approximate surface area is 188 Å². The number of fused-ring (bicyclic) bond motifs is 1. The Bertz CT molecular complexity index is 1080. The average molecular weight is 435 g/mol. The van der Waals surface area contributed by atoms with E-state index in [1.54, 1.807) is 0 Å². The zero-order valence-corrected chi connectivity index (χ0v) is 18.8. The molecule has 1 saturated heterocycles. The molecule has 31 heavy (non-hydrogen) atoms. The van der Waals surface area contributed by atoms with Gasteiger partial charge in [-0.2, -0.15) is 5.10 Å². The normalized spacial score (nSPS) is 18.4. The van der Waals surface area contributed by atoms with E-state index in [0.717, 1.165) is 72.5 Å². The van der Waals surface area contributed by atoms with Crippen molar-refractivity contribution in [3.63, 3.8) is 0 Å². The lowest BCUT2D eigenvalue weighted by Gasteiger charge is -2.41. The van der Waals surface area contributed by atoms with Gasteiger partial charge in [0.15, 0.2) is 5.82 Å². The summed E-state index contributed by atoms with van der Waals surface area (Å²) in [5.74, 6) is 2.01. The van der Waals surface area contributed by atoms with Crippen LogP contribution in [0.15, 0.2) is 36.7 Å². The maximum Gasteiger partial charge on any atom is 0.155 e. The van der Waals surface area contributed by atoms with Crippen molar-refractivity contribution in [3.8, 4) is 0 Å². The molecule has 2 aliphatic rings. The molecule has 2 aromatic heterocycles. The average Bonchev–Trinajstić information content (AvgIpc) is 3.27. The summed E-state index contributed by atoms with van der Waals surface area (Å²) in [5.41, 5.74) is 5.89. The second-order valence-electron chi connectivity index (χ2n) is 8.55. The van der Waals surface area contributed by atoms with Gasteiger partial charge >= 0.3 is 0 Å². The zero-order chi connectivity index (χ0) is 21.4. The topological polar surface area (TPSA) is 58.0 Å². The van der Waals surface area contributed by atoms with Crippen molar-refractivity contribution in [3.05, 3.63) is 69.8 Å². The van der Waals surface area contributed by atoms with E-state index in [4.69, 9.17) is 21.8 Å². The fourth-order valence-electron chi connectivity index (χ4n) is 4.76. The standard InChI is InChI=1S/C24H27ClN6/c1-16-13-27-23(14-26-16)30-10-11-31(17(2)15-30)24-20-8-5-7-19(20)22(28-29-24)12-18-6-3-4-9-21(18)25/h3-4,6,9,13-14,17H,5,7-8,10-12,15H2,1-2H3/t17-/m0/s1. The third kappa shape index (κ3) is 3.97. The highest BCUT2D eigenvalue weighted by atomic mass is 35.5. The summed E-state index contributed by atoms with van der Waals surface area (Å²) in [6.45, 7) is 6.93. The van der Waals surface area contributed by atoms with Crippen molar-refractivity contribution in [1.29, 1.82) is 0 Å². The van der Waals surface area contributed by atoms with Gasteiger partial charge in [0, 0.05) is 42.7 Å². The summed E-state index contributed by atoms with van der Waals surface area (Å²) >= 11 is 6.40. The first-order chi connectivity index (χ1) is 15.1. The van der Waals surface area contributed by atoms with E-state index in [2.05, 4.69) is 32.8 Å². The molecule has 1 aliphatic heterocycles. The fraction of sp³-hybridized carbons (Fsp3) is 0.417. The first-order valence-corrected chi connectivity index (χ1v) is 11.4. The Morgan fingerprint density at radius 1 is 1.03 bits per heavy atom. The minimum atomic E-state index is 0.324. The molecule has 7 heteroatoms. The van der Waals surface area contributed by atoms with Crippen molar-refractivity contribution < 1.29 is 0 Å². The Morgan fingerprint density at radius 3 is 2.65 bits per heavy atom. The second-order valence-corrected chi connectivity index (χ2v) is 8.96. The van der Waals surface area contributed by atoms with Crippen LogP contribution in [0.3, 0.4) is 0 Å². The molecule has 1 fully saturated rings. The molecular weight excluding hydrogens is 408 g/mol. The number of benzene rings is 1. The van der Waals surface area contributed by atoms with E-state index in [9.17, 15) is 0 Å². The molecule has 3 aromatic rings. The van der Waals surface area contributed by atoms with Crippen LogP contribution in [0.1, 0.15) is 41.4 Å². The predicted molar refractivity (Wildman–Crippen MR) is 124 cm³/mol. The van der Waals surface area contributed by atoms with Crippen molar-refractivity contribution >= 4 is 23.2 Å². The van der Waals surface area contributed by atoms with Gasteiger partial charge in [0.25, 0.3) is 0 Å². The first-order valence-electron chi connectivity index (χ1n) is 11.0. The number of anilines is 2. The summed E-state index contributed by atoms with van der Waals surface area (Å²) in [6.07, 6.45) is 7.77. The quantitative estimate of drug-likeness (QED) is 0.618. The third-order valence-corrected chi connectivity index (χ3v) is 6.78. The van der Waals surface area contributed by atoms with Gasteiger partial charge in [-0.1, -0.05) is 29.8 Å². The third-order valence-electron chi connectivity index (χ3n) is 6.41. The molecule has 6 nitrogen and oxygen atoms in total. The van der Waals surface area contributed by atoms with Crippen LogP contribution in [0, 0.1) is 6.92 Å². The van der Waals surface area contributed by atoms with Crippen LogP contribution in [-0.4, -0.2) is 45.8 Å². The lowest BCUT2D eigenvalue weighted by molar-refractivity contribution is 0.537. The monoisotopic (exact) mass is 434 g/mol. The molecule has 0 radical (unpaired) electrons. The van der Waals surface area contributed by atoms with Crippen LogP contribution in [-0.2, 0) is 19.3 Å². The molecule has 0 saturated carbocycles. The summed E-state index contributed by atoms with van der Waals surface area (Å²) in [4.78, 5) is 13.7. The van der Waals surface area contributed by atoms with E-state index < -0.39 is 0 Å². The van der Waals surface area contributed by atoms with Crippen LogP contribution in [0.2, 0.25) is 5.02 Å². The molecule has 0 amide bonds. The van der Waals surface area contributed by atoms with Gasteiger partial charge in [-0.05, 0) is 50.3 Å². The van der Waals surface area contributed by atoms with Gasteiger partial charge in [0.2, 0.25) is 0 Å². The van der Waals surface area contributed by atoms with E-state index in [1.807, 2.05) is 37.5 Å². The van der Waals surface area contributed by atoms with Gasteiger partial charge in [-0.25, -0.2) is 4.98 Å². The van der Waals surface area contributed by atoms with Crippen LogP contribution in [0.5, 0.6) is 0 Å². The molecule has 0 bridgehead atoms. The van der Waals surface area contributed by atoms with Crippen molar-refractivity contribution in [1.82, 2.24) is 20.2 Å². The highest BCUT2D eigenvalue weighted by molar-refractivity contribution is 6.31. The number of hydrogen-bond donors (Lipinski definition) is 0. The van der Waals surface area contributed by atoms with Crippen LogP contribution in [0.4, 0.5) is 11.6 Å². The molecule has 5 rings (SSSR count). The molecule has 3 heterocycles. The van der Waals surface area contributed by atoms with Gasteiger partial charge in [0.05, 0.1) is 23.8 Å². The smallest absolute Gasteiger partial charge is 0.155 e. The lowest BCUT2D eigenvalue weighted by Crippen LogP contribution is -2.53. The number of aryl methyl sites for hydroxylation is 1. The summed E-state index contributed by atoms with van der Waals surface area (Å²) < 4.78 is 0. The molecule has 1 aromatic carbocycles. The summed E-state index contributed by atoms with van der Waals surface area (Å²) in [5, 5.41) is 10.2. The van der Waals surface area contributed by atoms with Crippen molar-refractivity contribution in [2.75, 3.05) is 29.4 Å². The molecular formula is C24H27ClN6. The Morgan fingerprint density at radius 2 is 1.87 bits per heavy atom. The predicted octanol–water partition coefficient (Wildman–Crippen LogP) is 4.02. The van der Waals surface area contributed by atoms with Crippen LogP contribution in [0.25, 0.3) is 0 Å². The van der Waals surface area contributed by atoms with E-state index >= 15 is 0 Å². The minimum Gasteiger partial charge on any atom is -0.352 e. The van der Waals surface area contributed by atoms with E-state index in [-0.39, 0.29) is 0 Å². The zero-order valence-electron chi connectivity index (χ0n) is 18.1. The van der Waals surface area contributed by atoms with E-state index in [1.165, 1.54) is 17.5 Å². The SMILES string of the molecule is Cc1cnc(N2CCN(c3nnc(Cc4ccccc4Cl)c4c3CCC4)[C@@H](C)C2)cn1. The van der Waals surface area contributed by atoms with Crippen LogP contribution >= 0.6 is 11.6 Å². The number of aromatic nitrogens is 4. The maximum atomic E-state index is 6.40. The number of halogens is 1. The van der Waals surface area contributed by atoms with Gasteiger partial charge < -0.3 is 9.80 Å². The van der Waals surface area contributed by atoms with E-state index in [0.29, 0.717) is 6.04 Å². The number of hydrogen-bond acceptors (Lipinski definition) is 6. The van der Waals surface area contributed by atoms with Gasteiger partial charge in [-0.3, -0.25) is 4.98 Å². The Balaban J connectivity index is 1.38. The summed E-state index contributed by atoms with van der Waals surface area (Å²) in [7, 11) is 0. The fourth-order valence-corrected chi connectivity index (χ4v) is 4.96. The highest BCUT2D eigenvalue weighted by Gasteiger charge is 2.30. The maximum absolute atomic E-state index is 6.40. The molecule has 1 aliphatic carbocycles. The molecule has 160 valence electrons. The molecule has 0 N–H and O–H groups in total. The van der Waals surface area contributed by atoms with Crippen molar-refractivity contribution in [2.45, 2.75) is 45.6 Å². The number of piperazine rings is 1. The second kappa shape index (κ2) is 8.42. The van der Waals surface area contributed by atoms with Gasteiger partial charge in [0.1, 0.15) is 5.82 Å². The highest BCUT2D eigenvalue weighted by Crippen LogP contribution is 2.34. The largest absolute Gasteiger partial charge is 0.352 e.